The molecule has 3 amide bonds. The number of aromatic nitrogens is 2. The van der Waals surface area contributed by atoms with Gasteiger partial charge in [0.25, 0.3) is 0 Å². The van der Waals surface area contributed by atoms with E-state index in [4.69, 9.17) is 11.5 Å². The third-order valence-corrected chi connectivity index (χ3v) is 7.63. The molecule has 0 radical (unpaired) electrons. The zero-order valence-electron chi connectivity index (χ0n) is 21.1. The molecule has 1 aliphatic rings. The van der Waals surface area contributed by atoms with Crippen molar-refractivity contribution in [3.05, 3.63) is 78.1 Å². The standard InChI is InChI=1S/C28H34N6O2/c1-27(13-15-28(16-14-27,33(2)3)22-7-5-4-6-8-22)19-34(26(30)36)23-17-31-25(32-18-23)21-11-9-20(10-12-21)24(29)35/h4-12,17-18H,13-16,19H2,1-3H3,(H2,29,35)(H2,30,36). The molecule has 8 heteroatoms. The average molecular weight is 487 g/mol. The minimum absolute atomic E-state index is 0.0207. The van der Waals surface area contributed by atoms with E-state index < -0.39 is 11.9 Å². The molecule has 1 aromatic heterocycles. The Morgan fingerprint density at radius 3 is 1.97 bits per heavy atom. The van der Waals surface area contributed by atoms with Gasteiger partial charge in [0.2, 0.25) is 5.91 Å². The Hall–Kier alpha value is -3.78. The zero-order chi connectivity index (χ0) is 25.9. The summed E-state index contributed by atoms with van der Waals surface area (Å²) in [6, 6.07) is 16.9. The van der Waals surface area contributed by atoms with Crippen molar-refractivity contribution >= 4 is 17.6 Å². The summed E-state index contributed by atoms with van der Waals surface area (Å²) < 4.78 is 0. The summed E-state index contributed by atoms with van der Waals surface area (Å²) in [5.74, 6) is -0.000544. The van der Waals surface area contributed by atoms with Gasteiger partial charge in [-0.1, -0.05) is 49.4 Å². The van der Waals surface area contributed by atoms with Crippen molar-refractivity contribution in [3.8, 4) is 11.4 Å². The number of anilines is 1. The molecule has 1 aliphatic carbocycles. The van der Waals surface area contributed by atoms with Gasteiger partial charge < -0.3 is 11.5 Å². The molecule has 0 saturated heterocycles. The Labute approximate surface area is 212 Å². The fourth-order valence-corrected chi connectivity index (χ4v) is 5.24. The van der Waals surface area contributed by atoms with E-state index in [1.807, 2.05) is 6.07 Å². The van der Waals surface area contributed by atoms with E-state index in [-0.39, 0.29) is 11.0 Å². The van der Waals surface area contributed by atoms with Gasteiger partial charge in [-0.3, -0.25) is 14.6 Å². The largest absolute Gasteiger partial charge is 0.366 e. The second-order valence-electron chi connectivity index (χ2n) is 10.2. The third kappa shape index (κ3) is 5.09. The summed E-state index contributed by atoms with van der Waals surface area (Å²) in [5, 5.41) is 0. The van der Waals surface area contributed by atoms with E-state index in [9.17, 15) is 9.59 Å². The molecule has 3 aromatic rings. The third-order valence-electron chi connectivity index (χ3n) is 7.63. The van der Waals surface area contributed by atoms with Gasteiger partial charge in [0.05, 0.1) is 18.1 Å². The highest BCUT2D eigenvalue weighted by atomic mass is 16.2. The maximum Gasteiger partial charge on any atom is 0.319 e. The molecule has 0 aliphatic heterocycles. The van der Waals surface area contributed by atoms with Gasteiger partial charge in [-0.05, 0) is 62.9 Å². The normalized spacial score (nSPS) is 21.8. The Morgan fingerprint density at radius 2 is 1.47 bits per heavy atom. The number of hydrogen-bond acceptors (Lipinski definition) is 5. The summed E-state index contributed by atoms with van der Waals surface area (Å²) >= 11 is 0. The molecule has 4 rings (SSSR count). The number of carbonyl (C=O) groups excluding carboxylic acids is 2. The van der Waals surface area contributed by atoms with E-state index in [2.05, 4.69) is 60.2 Å². The van der Waals surface area contributed by atoms with Crippen molar-refractivity contribution in [2.24, 2.45) is 16.9 Å². The minimum Gasteiger partial charge on any atom is -0.366 e. The summed E-state index contributed by atoms with van der Waals surface area (Å²) in [6.07, 6.45) is 7.13. The van der Waals surface area contributed by atoms with Gasteiger partial charge in [0.15, 0.2) is 5.82 Å². The van der Waals surface area contributed by atoms with Crippen molar-refractivity contribution in [1.29, 1.82) is 0 Å². The Morgan fingerprint density at radius 1 is 0.889 bits per heavy atom. The highest BCUT2D eigenvalue weighted by molar-refractivity contribution is 5.93. The molecule has 1 fully saturated rings. The van der Waals surface area contributed by atoms with Crippen LogP contribution < -0.4 is 16.4 Å². The SMILES string of the molecule is CN(C)C1(c2ccccc2)CCC(C)(CN(C(N)=O)c2cnc(-c3ccc(C(N)=O)cc3)nc2)CC1. The van der Waals surface area contributed by atoms with E-state index in [1.54, 1.807) is 41.6 Å². The fourth-order valence-electron chi connectivity index (χ4n) is 5.24. The first-order chi connectivity index (χ1) is 17.1. The molecule has 1 saturated carbocycles. The van der Waals surface area contributed by atoms with Crippen molar-refractivity contribution in [1.82, 2.24) is 14.9 Å². The van der Waals surface area contributed by atoms with Crippen LogP contribution in [-0.4, -0.2) is 47.4 Å². The summed E-state index contributed by atoms with van der Waals surface area (Å²) in [4.78, 5) is 36.6. The van der Waals surface area contributed by atoms with Gasteiger partial charge >= 0.3 is 6.03 Å². The van der Waals surface area contributed by atoms with Crippen LogP contribution in [0.2, 0.25) is 0 Å². The molecular weight excluding hydrogens is 452 g/mol. The number of primary amides is 2. The van der Waals surface area contributed by atoms with Crippen LogP contribution in [0.5, 0.6) is 0 Å². The minimum atomic E-state index is -0.522. The topological polar surface area (TPSA) is 118 Å². The highest BCUT2D eigenvalue weighted by Gasteiger charge is 2.44. The first kappa shape index (κ1) is 25.3. The number of benzene rings is 2. The molecule has 4 N–H and O–H groups in total. The molecule has 0 spiro atoms. The number of hydrogen-bond donors (Lipinski definition) is 2. The summed E-state index contributed by atoms with van der Waals surface area (Å²) in [7, 11) is 4.29. The molecule has 36 heavy (non-hydrogen) atoms. The number of amides is 3. The van der Waals surface area contributed by atoms with Crippen LogP contribution in [0.1, 0.15) is 48.5 Å². The lowest BCUT2D eigenvalue weighted by Gasteiger charge is -2.50. The van der Waals surface area contributed by atoms with E-state index in [0.717, 1.165) is 31.2 Å². The van der Waals surface area contributed by atoms with Gasteiger partial charge in [-0.15, -0.1) is 0 Å². The van der Waals surface area contributed by atoms with Gasteiger partial charge in [0.1, 0.15) is 0 Å². The molecule has 2 aromatic carbocycles. The Bertz CT molecular complexity index is 1200. The Balaban J connectivity index is 1.50. The van der Waals surface area contributed by atoms with E-state index >= 15 is 0 Å². The molecule has 188 valence electrons. The molecule has 0 bridgehead atoms. The van der Waals surface area contributed by atoms with Gasteiger partial charge in [-0.25, -0.2) is 14.8 Å². The lowest BCUT2D eigenvalue weighted by Crippen LogP contribution is -2.50. The maximum absolute atomic E-state index is 12.5. The monoisotopic (exact) mass is 486 g/mol. The van der Waals surface area contributed by atoms with Crippen LogP contribution in [0.4, 0.5) is 10.5 Å². The average Bonchev–Trinajstić information content (AvgIpc) is 2.88. The van der Waals surface area contributed by atoms with Crippen molar-refractivity contribution in [3.63, 3.8) is 0 Å². The van der Waals surface area contributed by atoms with Crippen molar-refractivity contribution < 1.29 is 9.59 Å². The van der Waals surface area contributed by atoms with Crippen molar-refractivity contribution in [2.45, 2.75) is 38.1 Å². The van der Waals surface area contributed by atoms with Crippen LogP contribution >= 0.6 is 0 Å². The second-order valence-corrected chi connectivity index (χ2v) is 10.2. The smallest absolute Gasteiger partial charge is 0.319 e. The van der Waals surface area contributed by atoms with E-state index in [1.165, 1.54) is 5.56 Å². The molecule has 1 heterocycles. The predicted octanol–water partition coefficient (Wildman–Crippen LogP) is 4.17. The number of carbonyl (C=O) groups is 2. The number of rotatable bonds is 7. The molecule has 0 unspecified atom stereocenters. The molecule has 8 nitrogen and oxygen atoms in total. The number of nitrogens with two attached hydrogens (primary N) is 2. The van der Waals surface area contributed by atoms with Crippen LogP contribution in [-0.2, 0) is 5.54 Å². The lowest BCUT2D eigenvalue weighted by atomic mass is 9.65. The predicted molar refractivity (Wildman–Crippen MR) is 141 cm³/mol. The molecule has 0 atom stereocenters. The van der Waals surface area contributed by atoms with Crippen molar-refractivity contribution in [2.75, 3.05) is 25.5 Å². The van der Waals surface area contributed by atoms with Gasteiger partial charge in [0, 0.05) is 23.2 Å². The quantitative estimate of drug-likeness (QED) is 0.520. The van der Waals surface area contributed by atoms with Crippen LogP contribution in [0.3, 0.4) is 0 Å². The van der Waals surface area contributed by atoms with Crippen LogP contribution in [0.25, 0.3) is 11.4 Å². The first-order valence-corrected chi connectivity index (χ1v) is 12.2. The van der Waals surface area contributed by atoms with E-state index in [0.29, 0.717) is 23.6 Å². The lowest BCUT2D eigenvalue weighted by molar-refractivity contribution is 0.0459. The second kappa shape index (κ2) is 10.1. The molecular formula is C28H34N6O2. The Kier molecular flexibility index (Phi) is 7.08. The first-order valence-electron chi connectivity index (χ1n) is 12.2. The zero-order valence-corrected chi connectivity index (χ0v) is 21.1. The van der Waals surface area contributed by atoms with Gasteiger partial charge in [-0.2, -0.15) is 0 Å². The summed E-state index contributed by atoms with van der Waals surface area (Å²) in [6.45, 7) is 2.72. The number of nitrogens with zero attached hydrogens (tertiary/aromatic N) is 4. The maximum atomic E-state index is 12.5. The van der Waals surface area contributed by atoms with Crippen LogP contribution in [0.15, 0.2) is 67.0 Å². The number of urea groups is 1. The fraction of sp³-hybridized carbons (Fsp3) is 0.357. The highest BCUT2D eigenvalue weighted by Crippen LogP contribution is 2.48. The summed E-state index contributed by atoms with van der Waals surface area (Å²) in [5.41, 5.74) is 14.1. The van der Waals surface area contributed by atoms with Crippen LogP contribution in [0, 0.1) is 5.41 Å².